The molecular formula is C10H10F4N4O. The van der Waals surface area contributed by atoms with Crippen LogP contribution in [-0.2, 0) is 4.74 Å². The van der Waals surface area contributed by atoms with Gasteiger partial charge in [-0.15, -0.1) is 5.10 Å². The van der Waals surface area contributed by atoms with Crippen LogP contribution in [0.4, 0.5) is 23.5 Å². The predicted octanol–water partition coefficient (Wildman–Crippen LogP) is 1.86. The average molecular weight is 278 g/mol. The highest BCUT2D eigenvalue weighted by molar-refractivity contribution is 5.42. The Balaban J connectivity index is 1.82. The number of nitrogens with one attached hydrogen (secondary N) is 1. The molecule has 0 aliphatic heterocycles. The van der Waals surface area contributed by atoms with Gasteiger partial charge in [0.25, 0.3) is 0 Å². The molecule has 19 heavy (non-hydrogen) atoms. The van der Waals surface area contributed by atoms with Crippen LogP contribution in [0, 0.1) is 5.82 Å². The largest absolute Gasteiger partial charge is 0.411 e. The normalized spacial score (nSPS) is 12.0. The number of hydrogen-bond acceptors (Lipinski definition) is 4. The van der Waals surface area contributed by atoms with Crippen LogP contribution in [0.1, 0.15) is 0 Å². The highest BCUT2D eigenvalue weighted by Crippen LogP contribution is 2.14. The van der Waals surface area contributed by atoms with E-state index < -0.39 is 18.6 Å². The van der Waals surface area contributed by atoms with Crippen LogP contribution in [0.2, 0.25) is 0 Å². The van der Waals surface area contributed by atoms with Crippen LogP contribution in [0.15, 0.2) is 18.3 Å². The molecule has 0 spiro atoms. The average Bonchev–Trinajstić information content (AvgIpc) is 2.68. The first-order valence-corrected chi connectivity index (χ1v) is 5.34. The first kappa shape index (κ1) is 13.5. The molecule has 0 bridgehead atoms. The number of alkyl halides is 3. The summed E-state index contributed by atoms with van der Waals surface area (Å²) in [6, 6.07) is 2.67. The summed E-state index contributed by atoms with van der Waals surface area (Å²) in [4.78, 5) is 4.00. The highest BCUT2D eigenvalue weighted by Gasteiger charge is 2.27. The minimum Gasteiger partial charge on any atom is -0.370 e. The molecule has 104 valence electrons. The third kappa shape index (κ3) is 4.05. The molecule has 0 aromatic carbocycles. The van der Waals surface area contributed by atoms with Gasteiger partial charge in [0.05, 0.1) is 12.8 Å². The van der Waals surface area contributed by atoms with Gasteiger partial charge in [0.2, 0.25) is 5.95 Å². The standard InChI is InChI=1S/C10H10F4N4O/c11-7-1-2-8-16-9(17-18(8)5-7)15-3-4-19-6-10(12,13)14/h1-2,5H,3-4,6H2,(H,15,17). The number of rotatable bonds is 5. The molecule has 9 heteroatoms. The van der Waals surface area contributed by atoms with Crippen molar-refractivity contribution in [3.05, 3.63) is 24.1 Å². The van der Waals surface area contributed by atoms with Crippen molar-refractivity contribution in [3.63, 3.8) is 0 Å². The van der Waals surface area contributed by atoms with Crippen molar-refractivity contribution in [2.24, 2.45) is 0 Å². The molecular weight excluding hydrogens is 268 g/mol. The van der Waals surface area contributed by atoms with Gasteiger partial charge in [-0.25, -0.2) is 8.91 Å². The van der Waals surface area contributed by atoms with Crippen molar-refractivity contribution >= 4 is 11.6 Å². The molecule has 0 aliphatic rings. The summed E-state index contributed by atoms with van der Waals surface area (Å²) in [7, 11) is 0. The van der Waals surface area contributed by atoms with Crippen LogP contribution < -0.4 is 5.32 Å². The Hall–Kier alpha value is -1.90. The van der Waals surface area contributed by atoms with Crippen molar-refractivity contribution in [2.45, 2.75) is 6.18 Å². The van der Waals surface area contributed by atoms with E-state index in [4.69, 9.17) is 0 Å². The lowest BCUT2D eigenvalue weighted by Crippen LogP contribution is -2.20. The van der Waals surface area contributed by atoms with Gasteiger partial charge < -0.3 is 10.1 Å². The second kappa shape index (κ2) is 5.39. The van der Waals surface area contributed by atoms with E-state index in [2.05, 4.69) is 20.1 Å². The number of fused-ring (bicyclic) bond motifs is 1. The van der Waals surface area contributed by atoms with E-state index in [9.17, 15) is 17.6 Å². The summed E-state index contributed by atoms with van der Waals surface area (Å²) in [6.07, 6.45) is -3.19. The minimum absolute atomic E-state index is 0.120. The van der Waals surface area contributed by atoms with Gasteiger partial charge in [-0.2, -0.15) is 18.2 Å². The highest BCUT2D eigenvalue weighted by atomic mass is 19.4. The summed E-state index contributed by atoms with van der Waals surface area (Å²) >= 11 is 0. The van der Waals surface area contributed by atoms with Crippen molar-refractivity contribution in [2.75, 3.05) is 25.1 Å². The quantitative estimate of drug-likeness (QED) is 0.670. The van der Waals surface area contributed by atoms with E-state index in [1.807, 2.05) is 0 Å². The fourth-order valence-electron chi connectivity index (χ4n) is 1.36. The van der Waals surface area contributed by atoms with Crippen LogP contribution in [0.3, 0.4) is 0 Å². The smallest absolute Gasteiger partial charge is 0.370 e. The molecule has 0 aliphatic carbocycles. The first-order valence-electron chi connectivity index (χ1n) is 5.34. The van der Waals surface area contributed by atoms with Crippen LogP contribution in [0.25, 0.3) is 5.65 Å². The monoisotopic (exact) mass is 278 g/mol. The second-order valence-electron chi connectivity index (χ2n) is 3.68. The molecule has 0 unspecified atom stereocenters. The first-order chi connectivity index (χ1) is 8.94. The van der Waals surface area contributed by atoms with Gasteiger partial charge in [-0.05, 0) is 12.1 Å². The maximum atomic E-state index is 12.9. The summed E-state index contributed by atoms with van der Waals surface area (Å²) in [6.45, 7) is -1.31. The van der Waals surface area contributed by atoms with E-state index in [1.54, 1.807) is 0 Å². The molecule has 2 aromatic rings. The van der Waals surface area contributed by atoms with E-state index in [0.717, 1.165) is 6.20 Å². The lowest BCUT2D eigenvalue weighted by atomic mass is 10.5. The van der Waals surface area contributed by atoms with E-state index in [1.165, 1.54) is 16.6 Å². The van der Waals surface area contributed by atoms with Crippen LogP contribution in [-0.4, -0.2) is 40.5 Å². The minimum atomic E-state index is -4.33. The van der Waals surface area contributed by atoms with Crippen molar-refractivity contribution in [3.8, 4) is 0 Å². The number of halogens is 4. The van der Waals surface area contributed by atoms with Gasteiger partial charge in [0.15, 0.2) is 5.65 Å². The second-order valence-corrected chi connectivity index (χ2v) is 3.68. The Morgan fingerprint density at radius 2 is 2.11 bits per heavy atom. The maximum Gasteiger partial charge on any atom is 0.411 e. The molecule has 2 heterocycles. The van der Waals surface area contributed by atoms with Gasteiger partial charge in [-0.1, -0.05) is 0 Å². The molecule has 0 amide bonds. The Morgan fingerprint density at radius 1 is 1.32 bits per heavy atom. The van der Waals surface area contributed by atoms with E-state index in [0.29, 0.717) is 5.65 Å². The Kier molecular flexibility index (Phi) is 3.84. The fraction of sp³-hybridized carbons (Fsp3) is 0.400. The lowest BCUT2D eigenvalue weighted by Gasteiger charge is -2.07. The molecule has 0 radical (unpaired) electrons. The van der Waals surface area contributed by atoms with Crippen molar-refractivity contribution < 1.29 is 22.3 Å². The molecule has 0 atom stereocenters. The number of nitrogens with zero attached hydrogens (tertiary/aromatic N) is 3. The summed E-state index contributed by atoms with van der Waals surface area (Å²) in [5.41, 5.74) is 0.431. The maximum absolute atomic E-state index is 12.9. The number of ether oxygens (including phenoxy) is 1. The van der Waals surface area contributed by atoms with Gasteiger partial charge >= 0.3 is 6.18 Å². The lowest BCUT2D eigenvalue weighted by molar-refractivity contribution is -0.172. The molecule has 0 fully saturated rings. The number of hydrogen-bond donors (Lipinski definition) is 1. The SMILES string of the molecule is Fc1ccc2nc(NCCOCC(F)(F)F)nn2c1. The Bertz CT molecular complexity index is 554. The molecule has 5 nitrogen and oxygen atoms in total. The molecule has 0 saturated heterocycles. The zero-order chi connectivity index (χ0) is 13.9. The summed E-state index contributed by atoms with van der Waals surface area (Å²) in [5, 5.41) is 6.58. The number of aromatic nitrogens is 3. The van der Waals surface area contributed by atoms with Crippen LogP contribution >= 0.6 is 0 Å². The predicted molar refractivity (Wildman–Crippen MR) is 58.3 cm³/mol. The van der Waals surface area contributed by atoms with E-state index >= 15 is 0 Å². The Morgan fingerprint density at radius 3 is 2.84 bits per heavy atom. The van der Waals surface area contributed by atoms with Crippen molar-refractivity contribution in [1.29, 1.82) is 0 Å². The summed E-state index contributed by atoms with van der Waals surface area (Å²) < 4.78 is 53.8. The number of anilines is 1. The van der Waals surface area contributed by atoms with E-state index in [-0.39, 0.29) is 19.1 Å². The Labute approximate surface area is 105 Å². The third-order valence-electron chi connectivity index (χ3n) is 2.09. The zero-order valence-corrected chi connectivity index (χ0v) is 9.62. The molecule has 2 rings (SSSR count). The zero-order valence-electron chi connectivity index (χ0n) is 9.62. The van der Waals surface area contributed by atoms with Crippen molar-refractivity contribution in [1.82, 2.24) is 14.6 Å². The topological polar surface area (TPSA) is 51.5 Å². The molecule has 1 N–H and O–H groups in total. The van der Waals surface area contributed by atoms with Crippen LogP contribution in [0.5, 0.6) is 0 Å². The van der Waals surface area contributed by atoms with Gasteiger partial charge in [0.1, 0.15) is 12.4 Å². The third-order valence-corrected chi connectivity index (χ3v) is 2.09. The van der Waals surface area contributed by atoms with Gasteiger partial charge in [-0.3, -0.25) is 0 Å². The molecule has 0 saturated carbocycles. The van der Waals surface area contributed by atoms with Gasteiger partial charge in [0, 0.05) is 6.54 Å². The number of pyridine rings is 1. The summed E-state index contributed by atoms with van der Waals surface area (Å²) in [5.74, 6) is -0.265. The molecule has 2 aromatic heterocycles. The fourth-order valence-corrected chi connectivity index (χ4v) is 1.36.